The Bertz CT molecular complexity index is 551. The summed E-state index contributed by atoms with van der Waals surface area (Å²) in [7, 11) is 3.54. The monoisotopic (exact) mass is 318 g/mol. The Hall–Kier alpha value is -2.24. The predicted molar refractivity (Wildman–Crippen MR) is 91.6 cm³/mol. The maximum absolute atomic E-state index is 12.0. The highest BCUT2D eigenvalue weighted by molar-refractivity contribution is 5.90. The minimum absolute atomic E-state index is 0.0636. The lowest BCUT2D eigenvalue weighted by molar-refractivity contribution is 0.147. The Balaban J connectivity index is 1.72. The molecular weight excluding hydrogens is 292 g/mol. The van der Waals surface area contributed by atoms with E-state index in [1.165, 1.54) is 0 Å². The summed E-state index contributed by atoms with van der Waals surface area (Å²) in [5.41, 5.74) is 1.87. The summed E-state index contributed by atoms with van der Waals surface area (Å²) in [6.45, 7) is 4.11. The highest BCUT2D eigenvalue weighted by Gasteiger charge is 2.23. The van der Waals surface area contributed by atoms with Gasteiger partial charge in [0, 0.05) is 39.4 Å². The predicted octanol–water partition coefficient (Wildman–Crippen LogP) is 2.51. The lowest BCUT2D eigenvalue weighted by Crippen LogP contribution is -2.45. The van der Waals surface area contributed by atoms with Crippen LogP contribution in [0.3, 0.4) is 0 Å². The van der Waals surface area contributed by atoms with Crippen molar-refractivity contribution in [2.24, 2.45) is 5.92 Å². The van der Waals surface area contributed by atoms with Crippen LogP contribution in [0.15, 0.2) is 24.3 Å². The number of nitrogens with zero attached hydrogens (tertiary/aromatic N) is 2. The topological polar surface area (TPSA) is 64.7 Å². The van der Waals surface area contributed by atoms with Gasteiger partial charge >= 0.3 is 12.1 Å². The zero-order valence-electron chi connectivity index (χ0n) is 14.1. The summed E-state index contributed by atoms with van der Waals surface area (Å²) >= 11 is 0. The molecule has 0 aliphatic carbocycles. The van der Waals surface area contributed by atoms with Crippen LogP contribution >= 0.6 is 0 Å². The van der Waals surface area contributed by atoms with E-state index in [-0.39, 0.29) is 12.1 Å². The Morgan fingerprint density at radius 3 is 2.48 bits per heavy atom. The number of carbonyl (C=O) groups excluding carboxylic acids is 2. The number of urea groups is 2. The van der Waals surface area contributed by atoms with E-state index >= 15 is 0 Å². The van der Waals surface area contributed by atoms with E-state index in [4.69, 9.17) is 0 Å². The number of rotatable bonds is 3. The van der Waals surface area contributed by atoms with Gasteiger partial charge < -0.3 is 20.4 Å². The maximum atomic E-state index is 12.0. The largest absolute Gasteiger partial charge is 0.338 e. The molecule has 0 radical (unpaired) electrons. The molecule has 2 N–H and O–H groups in total. The summed E-state index contributed by atoms with van der Waals surface area (Å²) in [5, 5.41) is 5.80. The van der Waals surface area contributed by atoms with Gasteiger partial charge in [-0.1, -0.05) is 18.2 Å². The second-order valence-corrected chi connectivity index (χ2v) is 6.26. The van der Waals surface area contributed by atoms with Gasteiger partial charge in [-0.15, -0.1) is 0 Å². The van der Waals surface area contributed by atoms with E-state index in [2.05, 4.69) is 10.6 Å². The molecule has 0 spiro atoms. The summed E-state index contributed by atoms with van der Waals surface area (Å²) in [5.74, 6) is 0.420. The Morgan fingerprint density at radius 2 is 1.87 bits per heavy atom. The van der Waals surface area contributed by atoms with Gasteiger partial charge in [-0.2, -0.15) is 0 Å². The lowest BCUT2D eigenvalue weighted by Gasteiger charge is -2.33. The third-order valence-electron chi connectivity index (χ3n) is 4.21. The summed E-state index contributed by atoms with van der Waals surface area (Å²) in [6, 6.07) is 7.59. The number of likely N-dealkylation sites (tertiary alicyclic amines) is 1. The second-order valence-electron chi connectivity index (χ2n) is 6.26. The first-order valence-electron chi connectivity index (χ1n) is 8.04. The number of amides is 4. The third kappa shape index (κ3) is 4.87. The van der Waals surface area contributed by atoms with Crippen molar-refractivity contribution in [1.82, 2.24) is 15.1 Å². The van der Waals surface area contributed by atoms with Gasteiger partial charge in [-0.25, -0.2) is 9.59 Å². The normalized spacial score (nSPS) is 15.2. The van der Waals surface area contributed by atoms with Crippen molar-refractivity contribution in [2.75, 3.05) is 39.0 Å². The molecule has 6 heteroatoms. The number of hydrogen-bond acceptors (Lipinski definition) is 2. The number of para-hydroxylation sites is 1. The van der Waals surface area contributed by atoms with Crippen molar-refractivity contribution in [3.63, 3.8) is 0 Å². The van der Waals surface area contributed by atoms with E-state index in [0.29, 0.717) is 12.5 Å². The van der Waals surface area contributed by atoms with Crippen LogP contribution in [0, 0.1) is 12.8 Å². The quantitative estimate of drug-likeness (QED) is 0.899. The molecule has 4 amide bonds. The van der Waals surface area contributed by atoms with E-state index in [1.54, 1.807) is 19.0 Å². The molecule has 1 aromatic carbocycles. The standard InChI is InChI=1S/C17H26N4O2/c1-13-6-4-5-7-15(13)19-16(22)18-12-14-8-10-21(11-9-14)17(23)20(2)3/h4-7,14H,8-12H2,1-3H3,(H2,18,19,22). The molecule has 0 bridgehead atoms. The third-order valence-corrected chi connectivity index (χ3v) is 4.21. The number of carbonyl (C=O) groups is 2. The molecular formula is C17H26N4O2. The summed E-state index contributed by atoms with van der Waals surface area (Å²) in [4.78, 5) is 27.3. The molecule has 1 fully saturated rings. The first-order chi connectivity index (χ1) is 11.0. The molecule has 2 rings (SSSR count). The maximum Gasteiger partial charge on any atom is 0.319 e. The number of hydrogen-bond donors (Lipinski definition) is 2. The molecule has 0 saturated carbocycles. The minimum Gasteiger partial charge on any atom is -0.338 e. The highest BCUT2D eigenvalue weighted by Crippen LogP contribution is 2.17. The zero-order valence-corrected chi connectivity index (χ0v) is 14.1. The van der Waals surface area contributed by atoms with Gasteiger partial charge in [-0.3, -0.25) is 0 Å². The van der Waals surface area contributed by atoms with Crippen LogP contribution in [0.1, 0.15) is 18.4 Å². The smallest absolute Gasteiger partial charge is 0.319 e. The second kappa shape index (κ2) is 7.85. The Kier molecular flexibility index (Phi) is 5.84. The molecule has 0 aromatic heterocycles. The molecule has 6 nitrogen and oxygen atoms in total. The zero-order chi connectivity index (χ0) is 16.8. The molecule has 1 saturated heterocycles. The van der Waals surface area contributed by atoms with Crippen molar-refractivity contribution in [1.29, 1.82) is 0 Å². The lowest BCUT2D eigenvalue weighted by atomic mass is 9.97. The number of benzene rings is 1. The van der Waals surface area contributed by atoms with Crippen molar-refractivity contribution in [2.45, 2.75) is 19.8 Å². The van der Waals surface area contributed by atoms with E-state index < -0.39 is 0 Å². The summed E-state index contributed by atoms with van der Waals surface area (Å²) in [6.07, 6.45) is 1.84. The SMILES string of the molecule is Cc1ccccc1NC(=O)NCC1CCN(C(=O)N(C)C)CC1. The van der Waals surface area contributed by atoms with Gasteiger partial charge in [0.05, 0.1) is 0 Å². The van der Waals surface area contributed by atoms with Crippen LogP contribution in [-0.2, 0) is 0 Å². The number of nitrogens with one attached hydrogen (secondary N) is 2. The fraction of sp³-hybridized carbons (Fsp3) is 0.529. The highest BCUT2D eigenvalue weighted by atomic mass is 16.2. The Labute approximate surface area is 137 Å². The van der Waals surface area contributed by atoms with Crippen LogP contribution in [-0.4, -0.2) is 55.6 Å². The Morgan fingerprint density at radius 1 is 1.22 bits per heavy atom. The van der Waals surface area contributed by atoms with Crippen molar-refractivity contribution in [3.8, 4) is 0 Å². The van der Waals surface area contributed by atoms with Gasteiger partial charge in [0.2, 0.25) is 0 Å². The van der Waals surface area contributed by atoms with Crippen LogP contribution < -0.4 is 10.6 Å². The van der Waals surface area contributed by atoms with Crippen LogP contribution in [0.2, 0.25) is 0 Å². The number of piperidine rings is 1. The number of aryl methyl sites for hydroxylation is 1. The van der Waals surface area contributed by atoms with Gasteiger partial charge in [0.1, 0.15) is 0 Å². The van der Waals surface area contributed by atoms with E-state index in [0.717, 1.165) is 37.2 Å². The average Bonchev–Trinajstić information content (AvgIpc) is 2.55. The van der Waals surface area contributed by atoms with Crippen molar-refractivity contribution >= 4 is 17.7 Å². The summed E-state index contributed by atoms with van der Waals surface area (Å²) < 4.78 is 0. The van der Waals surface area contributed by atoms with E-state index in [1.807, 2.05) is 36.1 Å². The molecule has 1 aliphatic rings. The van der Waals surface area contributed by atoms with Crippen LogP contribution in [0.25, 0.3) is 0 Å². The van der Waals surface area contributed by atoms with E-state index in [9.17, 15) is 9.59 Å². The molecule has 23 heavy (non-hydrogen) atoms. The first kappa shape index (κ1) is 17.1. The van der Waals surface area contributed by atoms with Gasteiger partial charge in [0.15, 0.2) is 0 Å². The fourth-order valence-electron chi connectivity index (χ4n) is 2.73. The molecule has 1 aliphatic heterocycles. The molecule has 1 heterocycles. The van der Waals surface area contributed by atoms with Crippen molar-refractivity contribution in [3.05, 3.63) is 29.8 Å². The van der Waals surface area contributed by atoms with Crippen LogP contribution in [0.4, 0.5) is 15.3 Å². The fourth-order valence-corrected chi connectivity index (χ4v) is 2.73. The molecule has 126 valence electrons. The number of anilines is 1. The van der Waals surface area contributed by atoms with Crippen LogP contribution in [0.5, 0.6) is 0 Å². The van der Waals surface area contributed by atoms with Gasteiger partial charge in [0.25, 0.3) is 0 Å². The molecule has 1 aromatic rings. The first-order valence-corrected chi connectivity index (χ1v) is 8.04. The minimum atomic E-state index is -0.175. The average molecular weight is 318 g/mol. The molecule has 0 atom stereocenters. The molecule has 0 unspecified atom stereocenters. The van der Waals surface area contributed by atoms with Crippen molar-refractivity contribution < 1.29 is 9.59 Å². The van der Waals surface area contributed by atoms with Gasteiger partial charge in [-0.05, 0) is 37.3 Å².